The molecule has 516 valence electrons. The number of anilines is 12. The van der Waals surface area contributed by atoms with Crippen LogP contribution in [0.1, 0.15) is 49.9 Å². The van der Waals surface area contributed by atoms with Crippen LogP contribution < -0.4 is 19.6 Å². The fourth-order valence-corrected chi connectivity index (χ4v) is 16.7. The van der Waals surface area contributed by atoms with Crippen LogP contribution in [0.2, 0.25) is 0 Å². The van der Waals surface area contributed by atoms with Gasteiger partial charge in [-0.2, -0.15) is 0 Å². The summed E-state index contributed by atoms with van der Waals surface area (Å²) >= 11 is 0. The average Bonchev–Trinajstić information content (AvgIpc) is 1.57. The summed E-state index contributed by atoms with van der Waals surface area (Å²) in [6.45, 7) is 9.44. The lowest BCUT2D eigenvalue weighted by Gasteiger charge is -2.29. The molecule has 0 aliphatic heterocycles. The van der Waals surface area contributed by atoms with Crippen molar-refractivity contribution in [3.8, 4) is 44.5 Å². The van der Waals surface area contributed by atoms with Crippen LogP contribution in [-0.4, -0.2) is 0 Å². The van der Waals surface area contributed by atoms with Crippen molar-refractivity contribution in [1.29, 1.82) is 0 Å². The number of hydrogen-bond acceptors (Lipinski definition) is 6. The van der Waals surface area contributed by atoms with Gasteiger partial charge in [-0.1, -0.05) is 246 Å². The van der Waals surface area contributed by atoms with Crippen LogP contribution >= 0.6 is 0 Å². The zero-order chi connectivity index (χ0) is 72.5. The predicted molar refractivity (Wildman–Crippen MR) is 452 cm³/mol. The van der Waals surface area contributed by atoms with E-state index in [1.54, 1.807) is 0 Å². The van der Waals surface area contributed by atoms with Gasteiger partial charge in [0.2, 0.25) is 0 Å². The third-order valence-corrected chi connectivity index (χ3v) is 22.1. The van der Waals surface area contributed by atoms with Gasteiger partial charge in [0.15, 0.2) is 0 Å². The number of nitrogens with zero attached hydrogens (tertiary/aromatic N) is 4. The van der Waals surface area contributed by atoms with Gasteiger partial charge in [0.25, 0.3) is 0 Å². The maximum absolute atomic E-state index is 6.36. The standard InChI is InChI=1S/C51H36N2O2.C51H40N2/c1-51(2)45-29-35(52(33-13-5-3-6-14-33)37-23-27-43-41-17-9-11-19-47(41)54-49(43)31-37)21-25-39(45)40-26-22-36(30-46(40)51)53(34-15-7-4-8-16-34)38-24-28-44-42-18-10-12-20-48(42)55-50(44)32-38;1-51(2)49-35-45(52(41-19-11-5-12-20-41)43-27-23-39(24-28-43)37-15-7-3-8-16-37)31-33-47(49)48-34-32-46(36-50(48)51)53(42-21-13-6-14-22-42)44-29-25-40(26-30-44)38-17-9-4-10-18-38/h3-32H,1-2H3;3-36H,1-2H3. The van der Waals surface area contributed by atoms with E-state index in [1.165, 1.54) is 66.8 Å². The summed E-state index contributed by atoms with van der Waals surface area (Å²) in [5.41, 5.74) is 31.7. The van der Waals surface area contributed by atoms with Gasteiger partial charge in [0.05, 0.1) is 0 Å². The van der Waals surface area contributed by atoms with Crippen LogP contribution in [0.25, 0.3) is 88.4 Å². The molecular weight excluding hydrogens is 1310 g/mol. The zero-order valence-electron chi connectivity index (χ0n) is 60.6. The molecule has 20 rings (SSSR count). The number of furan rings is 2. The van der Waals surface area contributed by atoms with Gasteiger partial charge in [-0.15, -0.1) is 0 Å². The molecule has 18 aromatic rings. The molecule has 0 fully saturated rings. The summed E-state index contributed by atoms with van der Waals surface area (Å²) < 4.78 is 12.7. The topological polar surface area (TPSA) is 39.2 Å². The molecule has 0 unspecified atom stereocenters. The second kappa shape index (κ2) is 26.8. The molecule has 2 aliphatic carbocycles. The van der Waals surface area contributed by atoms with Crippen LogP contribution in [0, 0.1) is 0 Å². The maximum atomic E-state index is 6.36. The molecule has 0 saturated heterocycles. The molecule has 0 amide bonds. The number of hydrogen-bond donors (Lipinski definition) is 0. The summed E-state index contributed by atoms with van der Waals surface area (Å²) in [6, 6.07) is 139. The van der Waals surface area contributed by atoms with E-state index in [0.717, 1.165) is 112 Å². The first kappa shape index (κ1) is 65.1. The Morgan fingerprint density at radius 2 is 0.389 bits per heavy atom. The highest BCUT2D eigenvalue weighted by Gasteiger charge is 2.39. The Labute approximate surface area is 630 Å². The van der Waals surface area contributed by atoms with Crippen LogP contribution in [0.3, 0.4) is 0 Å². The summed E-state index contributed by atoms with van der Waals surface area (Å²) in [5.74, 6) is 0. The smallest absolute Gasteiger partial charge is 0.137 e. The molecule has 2 heterocycles. The Hall–Kier alpha value is -13.7. The second-order valence-electron chi connectivity index (χ2n) is 29.2. The molecule has 6 heteroatoms. The average molecular weight is 1390 g/mol. The van der Waals surface area contributed by atoms with Crippen molar-refractivity contribution in [2.45, 2.75) is 38.5 Å². The Balaban J connectivity index is 0.000000147. The van der Waals surface area contributed by atoms with E-state index in [2.05, 4.69) is 411 Å². The highest BCUT2D eigenvalue weighted by molar-refractivity contribution is 6.08. The van der Waals surface area contributed by atoms with Crippen molar-refractivity contribution >= 4 is 112 Å². The number of rotatable bonds is 14. The van der Waals surface area contributed by atoms with Crippen molar-refractivity contribution in [3.63, 3.8) is 0 Å². The molecule has 0 bridgehead atoms. The van der Waals surface area contributed by atoms with E-state index in [1.807, 2.05) is 24.3 Å². The SMILES string of the molecule is CC1(C)c2cc(N(c3ccccc3)c3ccc(-c4ccccc4)cc3)ccc2-c2ccc(N(c3ccccc3)c3ccc(-c4ccccc4)cc3)cc21.CC1(C)c2cc(N(c3ccccc3)c3ccc4c(c3)oc3ccccc34)ccc2-c2ccc(N(c3ccccc3)c3ccc4c(c3)oc3ccccc34)cc21. The third-order valence-electron chi connectivity index (χ3n) is 22.1. The van der Waals surface area contributed by atoms with E-state index in [0.29, 0.717) is 0 Å². The first-order valence-electron chi connectivity index (χ1n) is 37.2. The third kappa shape index (κ3) is 11.5. The molecule has 0 radical (unpaired) electrons. The van der Waals surface area contributed by atoms with Gasteiger partial charge in [0, 0.05) is 113 Å². The fraction of sp³-hybridized carbons (Fsp3) is 0.0588. The number of fused-ring (bicyclic) bond motifs is 12. The summed E-state index contributed by atoms with van der Waals surface area (Å²) in [5, 5.41) is 4.51. The second-order valence-corrected chi connectivity index (χ2v) is 29.2. The Morgan fingerprint density at radius 1 is 0.176 bits per heavy atom. The van der Waals surface area contributed by atoms with Crippen molar-refractivity contribution < 1.29 is 8.83 Å². The molecule has 0 N–H and O–H groups in total. The summed E-state index contributed by atoms with van der Waals surface area (Å²) in [6.07, 6.45) is 0. The first-order valence-corrected chi connectivity index (χ1v) is 37.2. The van der Waals surface area contributed by atoms with Gasteiger partial charge in [-0.3, -0.25) is 0 Å². The molecular formula is C102H76N4O2. The fourth-order valence-electron chi connectivity index (χ4n) is 16.7. The Bertz CT molecular complexity index is 5960. The number of benzene rings is 16. The summed E-state index contributed by atoms with van der Waals surface area (Å²) in [4.78, 5) is 9.41. The summed E-state index contributed by atoms with van der Waals surface area (Å²) in [7, 11) is 0. The molecule has 6 nitrogen and oxygen atoms in total. The molecule has 0 atom stereocenters. The maximum Gasteiger partial charge on any atom is 0.137 e. The minimum atomic E-state index is -0.257. The lowest BCUT2D eigenvalue weighted by molar-refractivity contribution is 0.660. The Kier molecular flexibility index (Phi) is 16.1. The van der Waals surface area contributed by atoms with Crippen molar-refractivity contribution in [2.24, 2.45) is 0 Å². The molecule has 2 aromatic heterocycles. The van der Waals surface area contributed by atoms with Gasteiger partial charge >= 0.3 is 0 Å². The van der Waals surface area contributed by atoms with Gasteiger partial charge in [-0.05, 0) is 224 Å². The molecule has 16 aromatic carbocycles. The highest BCUT2D eigenvalue weighted by Crippen LogP contribution is 2.55. The van der Waals surface area contributed by atoms with E-state index in [4.69, 9.17) is 8.83 Å². The van der Waals surface area contributed by atoms with Gasteiger partial charge in [0.1, 0.15) is 22.3 Å². The molecule has 108 heavy (non-hydrogen) atoms. The lowest BCUT2D eigenvalue weighted by Crippen LogP contribution is -2.17. The molecule has 0 saturated carbocycles. The van der Waals surface area contributed by atoms with Crippen molar-refractivity contribution in [3.05, 3.63) is 411 Å². The monoisotopic (exact) mass is 1390 g/mol. The van der Waals surface area contributed by atoms with Crippen molar-refractivity contribution in [1.82, 2.24) is 0 Å². The van der Waals surface area contributed by atoms with E-state index in [-0.39, 0.29) is 10.8 Å². The molecule has 0 spiro atoms. The predicted octanol–water partition coefficient (Wildman–Crippen LogP) is 29.0. The minimum absolute atomic E-state index is 0.213. The van der Waals surface area contributed by atoms with E-state index < -0.39 is 0 Å². The van der Waals surface area contributed by atoms with Gasteiger partial charge in [-0.25, -0.2) is 0 Å². The van der Waals surface area contributed by atoms with E-state index >= 15 is 0 Å². The first-order chi connectivity index (χ1) is 53.1. The zero-order valence-corrected chi connectivity index (χ0v) is 60.6. The van der Waals surface area contributed by atoms with Crippen LogP contribution in [0.5, 0.6) is 0 Å². The minimum Gasteiger partial charge on any atom is -0.456 e. The number of para-hydroxylation sites is 6. The molecule has 2 aliphatic rings. The van der Waals surface area contributed by atoms with Crippen molar-refractivity contribution in [2.75, 3.05) is 19.6 Å². The van der Waals surface area contributed by atoms with Crippen LogP contribution in [0.4, 0.5) is 68.2 Å². The highest BCUT2D eigenvalue weighted by atomic mass is 16.3. The van der Waals surface area contributed by atoms with E-state index in [9.17, 15) is 0 Å². The van der Waals surface area contributed by atoms with Gasteiger partial charge < -0.3 is 28.4 Å². The quantitative estimate of drug-likeness (QED) is 0.108. The normalized spacial score (nSPS) is 12.8. The Morgan fingerprint density at radius 3 is 0.694 bits per heavy atom. The van der Waals surface area contributed by atoms with Crippen LogP contribution in [0.15, 0.2) is 397 Å². The lowest BCUT2D eigenvalue weighted by atomic mass is 9.82. The largest absolute Gasteiger partial charge is 0.456 e. The van der Waals surface area contributed by atoms with Crippen LogP contribution in [-0.2, 0) is 10.8 Å².